The molecule has 0 saturated carbocycles. The quantitative estimate of drug-likeness (QED) is 0.797. The molecule has 0 aromatic carbocycles. The van der Waals surface area contributed by atoms with Crippen LogP contribution >= 0.6 is 23.2 Å². The molecule has 8 heteroatoms. The maximum absolute atomic E-state index is 6.07. The summed E-state index contributed by atoms with van der Waals surface area (Å²) >= 11 is 11.9. The molecule has 0 fully saturated rings. The summed E-state index contributed by atoms with van der Waals surface area (Å²) in [7, 11) is 0. The van der Waals surface area contributed by atoms with Crippen LogP contribution in [0, 0.1) is 0 Å². The van der Waals surface area contributed by atoms with E-state index in [0.29, 0.717) is 28.2 Å². The van der Waals surface area contributed by atoms with Crippen LogP contribution in [-0.2, 0) is 6.54 Å². The van der Waals surface area contributed by atoms with Crippen LogP contribution in [0.2, 0.25) is 10.0 Å². The molecule has 0 aliphatic rings. The topological polar surface area (TPSA) is 90.7 Å². The lowest BCUT2D eigenvalue weighted by atomic mass is 10.2. The minimum Gasteiger partial charge on any atom is -0.334 e. The third-order valence-corrected chi connectivity index (χ3v) is 3.21. The van der Waals surface area contributed by atoms with Crippen LogP contribution in [0.25, 0.3) is 23.0 Å². The van der Waals surface area contributed by atoms with Gasteiger partial charge in [0.15, 0.2) is 0 Å². The van der Waals surface area contributed by atoms with Crippen molar-refractivity contribution in [3.63, 3.8) is 0 Å². The Morgan fingerprint density at radius 2 is 2.05 bits per heavy atom. The molecule has 0 spiro atoms. The van der Waals surface area contributed by atoms with Crippen molar-refractivity contribution in [3.05, 3.63) is 46.3 Å². The van der Waals surface area contributed by atoms with Crippen molar-refractivity contribution in [1.82, 2.24) is 20.1 Å². The van der Waals surface area contributed by atoms with Gasteiger partial charge in [0.05, 0.1) is 15.7 Å². The Labute approximate surface area is 129 Å². The molecule has 3 aromatic heterocycles. The van der Waals surface area contributed by atoms with Crippen LogP contribution in [0.15, 0.2) is 35.1 Å². The second kappa shape index (κ2) is 5.77. The van der Waals surface area contributed by atoms with Gasteiger partial charge in [0.1, 0.15) is 5.69 Å². The summed E-state index contributed by atoms with van der Waals surface area (Å²) in [5.41, 5.74) is 7.43. The van der Waals surface area contributed by atoms with E-state index in [1.165, 1.54) is 6.20 Å². The lowest BCUT2D eigenvalue weighted by molar-refractivity contribution is 0.432. The summed E-state index contributed by atoms with van der Waals surface area (Å²) in [6, 6.07) is 5.11. The van der Waals surface area contributed by atoms with Crippen molar-refractivity contribution in [2.75, 3.05) is 0 Å². The number of nitrogens with zero attached hydrogens (tertiary/aromatic N) is 4. The van der Waals surface area contributed by atoms with E-state index in [2.05, 4.69) is 20.1 Å². The lowest BCUT2D eigenvalue weighted by Crippen LogP contribution is -1.99. The zero-order valence-corrected chi connectivity index (χ0v) is 12.1. The van der Waals surface area contributed by atoms with Gasteiger partial charge in [-0.3, -0.25) is 4.98 Å². The Morgan fingerprint density at radius 3 is 2.81 bits per heavy atom. The van der Waals surface area contributed by atoms with Gasteiger partial charge in [-0.05, 0) is 18.2 Å². The number of rotatable bonds is 3. The average molecular weight is 322 g/mol. The monoisotopic (exact) mass is 321 g/mol. The maximum atomic E-state index is 6.07. The molecule has 0 aliphatic heterocycles. The fraction of sp³-hybridized carbons (Fsp3) is 0.0769. The summed E-state index contributed by atoms with van der Waals surface area (Å²) in [6.07, 6.45) is 3.10. The van der Waals surface area contributed by atoms with E-state index in [9.17, 15) is 0 Å². The number of nitrogens with two attached hydrogens (primary N) is 1. The average Bonchev–Trinajstić information content (AvgIpc) is 2.97. The molecular formula is C13H9Cl2N5O. The number of pyridine rings is 2. The number of halogens is 2. The highest BCUT2D eigenvalue weighted by molar-refractivity contribution is 6.35. The highest BCUT2D eigenvalue weighted by atomic mass is 35.5. The van der Waals surface area contributed by atoms with Gasteiger partial charge in [-0.15, -0.1) is 0 Å². The van der Waals surface area contributed by atoms with E-state index in [1.54, 1.807) is 24.4 Å². The van der Waals surface area contributed by atoms with Crippen molar-refractivity contribution >= 4 is 23.2 Å². The molecule has 21 heavy (non-hydrogen) atoms. The van der Waals surface area contributed by atoms with Crippen LogP contribution in [0.5, 0.6) is 0 Å². The van der Waals surface area contributed by atoms with Gasteiger partial charge in [0, 0.05) is 24.5 Å². The Morgan fingerprint density at radius 1 is 1.19 bits per heavy atom. The fourth-order valence-corrected chi connectivity index (χ4v) is 2.20. The van der Waals surface area contributed by atoms with E-state index >= 15 is 0 Å². The van der Waals surface area contributed by atoms with Crippen LogP contribution in [-0.4, -0.2) is 20.1 Å². The van der Waals surface area contributed by atoms with Gasteiger partial charge in [-0.1, -0.05) is 28.4 Å². The van der Waals surface area contributed by atoms with Gasteiger partial charge < -0.3 is 10.3 Å². The first kappa shape index (κ1) is 13.9. The molecule has 0 aliphatic carbocycles. The molecule has 6 nitrogen and oxygen atoms in total. The minimum atomic E-state index is 0.290. The third kappa shape index (κ3) is 2.87. The molecule has 0 amide bonds. The fourth-order valence-electron chi connectivity index (χ4n) is 1.74. The maximum Gasteiger partial charge on any atom is 0.258 e. The highest BCUT2D eigenvalue weighted by Crippen LogP contribution is 2.27. The predicted molar refractivity (Wildman–Crippen MR) is 78.7 cm³/mol. The van der Waals surface area contributed by atoms with Crippen LogP contribution in [0.4, 0.5) is 0 Å². The second-order valence-electron chi connectivity index (χ2n) is 4.15. The van der Waals surface area contributed by atoms with Crippen LogP contribution in [0.1, 0.15) is 5.69 Å². The Bertz CT molecular complexity index is 790. The molecule has 0 unspecified atom stereocenters. The molecule has 0 saturated heterocycles. The van der Waals surface area contributed by atoms with Gasteiger partial charge in [0.25, 0.3) is 5.89 Å². The zero-order valence-electron chi connectivity index (χ0n) is 10.6. The smallest absolute Gasteiger partial charge is 0.258 e. The van der Waals surface area contributed by atoms with Crippen molar-refractivity contribution < 1.29 is 4.52 Å². The van der Waals surface area contributed by atoms with Crippen LogP contribution in [0.3, 0.4) is 0 Å². The van der Waals surface area contributed by atoms with Gasteiger partial charge >= 0.3 is 0 Å². The standard InChI is InChI=1S/C13H9Cl2N5O/c14-8-4-10(15)11(18-6-8)12-19-13(21-20-12)7-1-2-17-9(3-7)5-16/h1-4,6H,5,16H2. The summed E-state index contributed by atoms with van der Waals surface area (Å²) in [5.74, 6) is 0.632. The van der Waals surface area contributed by atoms with E-state index < -0.39 is 0 Å². The third-order valence-electron chi connectivity index (χ3n) is 2.72. The van der Waals surface area contributed by atoms with Gasteiger partial charge in [-0.25, -0.2) is 4.98 Å². The molecule has 0 bridgehead atoms. The molecule has 3 heterocycles. The molecule has 3 aromatic rings. The zero-order chi connectivity index (χ0) is 14.8. The summed E-state index contributed by atoms with van der Waals surface area (Å²) in [4.78, 5) is 12.5. The van der Waals surface area contributed by atoms with E-state index in [-0.39, 0.29) is 5.82 Å². The van der Waals surface area contributed by atoms with Crippen molar-refractivity contribution in [1.29, 1.82) is 0 Å². The molecule has 2 N–H and O–H groups in total. The first-order chi connectivity index (χ1) is 10.2. The van der Waals surface area contributed by atoms with Crippen LogP contribution < -0.4 is 5.73 Å². The predicted octanol–water partition coefficient (Wildman–Crippen LogP) is 2.96. The first-order valence-electron chi connectivity index (χ1n) is 5.98. The number of aromatic nitrogens is 4. The molecule has 0 atom stereocenters. The Kier molecular flexibility index (Phi) is 3.83. The SMILES string of the molecule is NCc1cc(-c2nc(-c3ncc(Cl)cc3Cl)no2)ccn1. The molecule has 0 radical (unpaired) electrons. The molecule has 106 valence electrons. The Balaban J connectivity index is 1.99. The van der Waals surface area contributed by atoms with E-state index in [4.69, 9.17) is 33.5 Å². The normalized spacial score (nSPS) is 10.8. The highest BCUT2D eigenvalue weighted by Gasteiger charge is 2.15. The largest absolute Gasteiger partial charge is 0.334 e. The summed E-state index contributed by atoms with van der Waals surface area (Å²) in [6.45, 7) is 0.333. The van der Waals surface area contributed by atoms with Crippen molar-refractivity contribution in [2.24, 2.45) is 5.73 Å². The Hall–Kier alpha value is -2.02. The minimum absolute atomic E-state index is 0.290. The van der Waals surface area contributed by atoms with E-state index in [0.717, 1.165) is 11.3 Å². The second-order valence-corrected chi connectivity index (χ2v) is 4.99. The van der Waals surface area contributed by atoms with Gasteiger partial charge in [-0.2, -0.15) is 4.98 Å². The van der Waals surface area contributed by atoms with Crippen molar-refractivity contribution in [3.8, 4) is 23.0 Å². The van der Waals surface area contributed by atoms with E-state index in [1.807, 2.05) is 0 Å². The van der Waals surface area contributed by atoms with Crippen molar-refractivity contribution in [2.45, 2.75) is 6.54 Å². The number of hydrogen-bond donors (Lipinski definition) is 1. The first-order valence-corrected chi connectivity index (χ1v) is 6.73. The van der Waals surface area contributed by atoms with Gasteiger partial charge in [0.2, 0.25) is 5.82 Å². The summed E-state index contributed by atoms with van der Waals surface area (Å²) < 4.78 is 5.23. The lowest BCUT2D eigenvalue weighted by Gasteiger charge is -1.98. The molecule has 3 rings (SSSR count). The summed E-state index contributed by atoms with van der Waals surface area (Å²) in [5, 5.41) is 4.67. The molecular weight excluding hydrogens is 313 g/mol. The number of hydrogen-bond acceptors (Lipinski definition) is 6.